The Morgan fingerprint density at radius 1 is 1.33 bits per heavy atom. The van der Waals surface area contributed by atoms with Crippen molar-refractivity contribution in [1.29, 1.82) is 0 Å². The molecule has 108 valence electrons. The van der Waals surface area contributed by atoms with E-state index in [9.17, 15) is 0 Å². The summed E-state index contributed by atoms with van der Waals surface area (Å²) in [5.74, 6) is 1.95. The van der Waals surface area contributed by atoms with Crippen LogP contribution in [0.3, 0.4) is 0 Å². The molecule has 3 aromatic rings. The summed E-state index contributed by atoms with van der Waals surface area (Å²) in [6.45, 7) is 4.17. The van der Waals surface area contributed by atoms with Crippen molar-refractivity contribution < 1.29 is 8.94 Å². The van der Waals surface area contributed by atoms with Crippen molar-refractivity contribution in [1.82, 2.24) is 20.3 Å². The first-order chi connectivity index (χ1) is 10.3. The van der Waals surface area contributed by atoms with Gasteiger partial charge in [0.2, 0.25) is 11.8 Å². The van der Waals surface area contributed by atoms with Crippen LogP contribution in [0, 0.1) is 0 Å². The van der Waals surface area contributed by atoms with Crippen LogP contribution in [0.5, 0.6) is 0 Å². The second kappa shape index (κ2) is 4.65. The Morgan fingerprint density at radius 3 is 2.95 bits per heavy atom. The van der Waals surface area contributed by atoms with Gasteiger partial charge >= 0.3 is 0 Å². The van der Waals surface area contributed by atoms with Gasteiger partial charge in [-0.1, -0.05) is 19.0 Å². The molecule has 6 heteroatoms. The third kappa shape index (κ3) is 2.11. The summed E-state index contributed by atoms with van der Waals surface area (Å²) < 4.78 is 11.0. The van der Waals surface area contributed by atoms with Gasteiger partial charge in [-0.15, -0.1) is 10.2 Å². The monoisotopic (exact) mass is 284 g/mol. The molecule has 1 saturated carbocycles. The van der Waals surface area contributed by atoms with E-state index in [-0.39, 0.29) is 5.92 Å². The summed E-state index contributed by atoms with van der Waals surface area (Å²) >= 11 is 0. The fourth-order valence-electron chi connectivity index (χ4n) is 2.34. The van der Waals surface area contributed by atoms with Crippen LogP contribution in [-0.4, -0.2) is 20.3 Å². The lowest BCUT2D eigenvalue weighted by Gasteiger charge is -2.00. The minimum Gasteiger partial charge on any atom is -0.420 e. The van der Waals surface area contributed by atoms with Gasteiger partial charge in [0.1, 0.15) is 0 Å². The van der Waals surface area contributed by atoms with Gasteiger partial charge < -0.3 is 8.94 Å². The van der Waals surface area contributed by atoms with Crippen LogP contribution >= 0.6 is 0 Å². The molecule has 1 aliphatic carbocycles. The van der Waals surface area contributed by atoms with E-state index < -0.39 is 0 Å². The molecule has 1 unspecified atom stereocenters. The van der Waals surface area contributed by atoms with Crippen LogP contribution in [0.25, 0.3) is 22.6 Å². The van der Waals surface area contributed by atoms with Crippen molar-refractivity contribution >= 4 is 11.1 Å². The van der Waals surface area contributed by atoms with E-state index in [0.29, 0.717) is 23.4 Å². The molecule has 0 N–H and O–H groups in total. The summed E-state index contributed by atoms with van der Waals surface area (Å²) in [5.41, 5.74) is 2.39. The van der Waals surface area contributed by atoms with Gasteiger partial charge in [0.15, 0.2) is 0 Å². The molecule has 0 saturated heterocycles. The Balaban J connectivity index is 1.75. The highest BCUT2D eigenvalue weighted by Crippen LogP contribution is 2.42. The Hall–Kier alpha value is -2.24. The average molecular weight is 284 g/mol. The number of pyridine rings is 1. The van der Waals surface area contributed by atoms with Crippen molar-refractivity contribution in [2.75, 3.05) is 0 Å². The molecule has 0 aliphatic heterocycles. The van der Waals surface area contributed by atoms with Crippen molar-refractivity contribution in [2.24, 2.45) is 0 Å². The van der Waals surface area contributed by atoms with Gasteiger partial charge in [0.05, 0.1) is 16.6 Å². The highest BCUT2D eigenvalue weighted by Gasteiger charge is 2.29. The maximum absolute atomic E-state index is 5.75. The number of fused-ring (bicyclic) bond motifs is 1. The van der Waals surface area contributed by atoms with Crippen LogP contribution in [0.4, 0.5) is 0 Å². The number of hydrogen-bond donors (Lipinski definition) is 0. The minimum absolute atomic E-state index is 0.264. The van der Waals surface area contributed by atoms with Crippen LogP contribution in [0.2, 0.25) is 0 Å². The summed E-state index contributed by atoms with van der Waals surface area (Å²) in [6, 6.07) is 1.99. The Kier molecular flexibility index (Phi) is 2.77. The molecule has 0 aromatic carbocycles. The van der Waals surface area contributed by atoms with Gasteiger partial charge in [-0.3, -0.25) is 0 Å². The predicted molar refractivity (Wildman–Crippen MR) is 75.8 cm³/mol. The zero-order chi connectivity index (χ0) is 14.4. The molecule has 0 spiro atoms. The molecule has 4 rings (SSSR count). The zero-order valence-electron chi connectivity index (χ0n) is 12.0. The lowest BCUT2D eigenvalue weighted by Crippen LogP contribution is -1.90. The highest BCUT2D eigenvalue weighted by atomic mass is 16.5. The predicted octanol–water partition coefficient (Wildman–Crippen LogP) is 3.66. The summed E-state index contributed by atoms with van der Waals surface area (Å²) in [5, 5.41) is 13.3. The van der Waals surface area contributed by atoms with Crippen molar-refractivity contribution in [3.8, 4) is 11.5 Å². The van der Waals surface area contributed by atoms with Crippen LogP contribution in [0.1, 0.15) is 56.5 Å². The molecule has 0 radical (unpaired) electrons. The number of hydrogen-bond acceptors (Lipinski definition) is 6. The van der Waals surface area contributed by atoms with Crippen molar-refractivity contribution in [3.63, 3.8) is 0 Å². The summed E-state index contributed by atoms with van der Waals surface area (Å²) in [6.07, 6.45) is 5.00. The normalized spacial score (nSPS) is 16.5. The van der Waals surface area contributed by atoms with Gasteiger partial charge in [0.25, 0.3) is 5.71 Å². The first-order valence-electron chi connectivity index (χ1n) is 7.35. The highest BCUT2D eigenvalue weighted by molar-refractivity contribution is 5.81. The summed E-state index contributed by atoms with van der Waals surface area (Å²) in [4.78, 5) is 4.31. The molecule has 21 heavy (non-hydrogen) atoms. The van der Waals surface area contributed by atoms with Gasteiger partial charge in [0, 0.05) is 18.0 Å². The molecular formula is C15H16N4O2. The molecular weight excluding hydrogens is 268 g/mol. The number of aromatic nitrogens is 4. The van der Waals surface area contributed by atoms with Crippen LogP contribution < -0.4 is 0 Å². The summed E-state index contributed by atoms with van der Waals surface area (Å²) in [7, 11) is 0. The van der Waals surface area contributed by atoms with E-state index >= 15 is 0 Å². The topological polar surface area (TPSA) is 77.8 Å². The van der Waals surface area contributed by atoms with E-state index in [1.807, 2.05) is 6.07 Å². The van der Waals surface area contributed by atoms with E-state index in [0.717, 1.165) is 23.1 Å². The van der Waals surface area contributed by atoms with Crippen molar-refractivity contribution in [2.45, 2.75) is 44.9 Å². The fourth-order valence-corrected chi connectivity index (χ4v) is 2.34. The van der Waals surface area contributed by atoms with Crippen LogP contribution in [-0.2, 0) is 0 Å². The third-order valence-electron chi connectivity index (χ3n) is 4.04. The second-order valence-corrected chi connectivity index (χ2v) is 5.67. The second-order valence-electron chi connectivity index (χ2n) is 5.67. The maximum atomic E-state index is 5.75. The van der Waals surface area contributed by atoms with E-state index in [4.69, 9.17) is 8.94 Å². The van der Waals surface area contributed by atoms with E-state index in [1.165, 1.54) is 12.8 Å². The standard InChI is InChI=1S/C15H16N4O2/c1-3-8(2)13-17-18-14(20-13)10-6-11-12(9-4-5-9)19-21-15(11)16-7-10/h6-9H,3-5H2,1-2H3. The fraction of sp³-hybridized carbons (Fsp3) is 0.467. The first-order valence-corrected chi connectivity index (χ1v) is 7.35. The zero-order valence-corrected chi connectivity index (χ0v) is 12.0. The first kappa shape index (κ1) is 12.5. The molecule has 1 fully saturated rings. The number of rotatable bonds is 4. The van der Waals surface area contributed by atoms with Gasteiger partial charge in [-0.25, -0.2) is 4.98 Å². The Morgan fingerprint density at radius 2 is 2.19 bits per heavy atom. The Labute approximate surface area is 121 Å². The molecule has 3 heterocycles. The molecule has 3 aromatic heterocycles. The number of nitrogens with zero attached hydrogens (tertiary/aromatic N) is 4. The Bertz CT molecular complexity index is 788. The van der Waals surface area contributed by atoms with E-state index in [1.54, 1.807) is 6.20 Å². The maximum Gasteiger partial charge on any atom is 0.257 e. The lowest BCUT2D eigenvalue weighted by molar-refractivity contribution is 0.439. The quantitative estimate of drug-likeness (QED) is 0.727. The smallest absolute Gasteiger partial charge is 0.257 e. The molecule has 0 bridgehead atoms. The molecule has 0 amide bonds. The minimum atomic E-state index is 0.264. The third-order valence-corrected chi connectivity index (χ3v) is 4.04. The molecule has 1 aliphatic rings. The lowest BCUT2D eigenvalue weighted by atomic mass is 10.1. The van der Waals surface area contributed by atoms with Crippen molar-refractivity contribution in [3.05, 3.63) is 23.8 Å². The van der Waals surface area contributed by atoms with Gasteiger partial charge in [-0.2, -0.15) is 0 Å². The molecule has 1 atom stereocenters. The average Bonchev–Trinajstić information content (AvgIpc) is 3.09. The van der Waals surface area contributed by atoms with Gasteiger partial charge in [-0.05, 0) is 25.3 Å². The van der Waals surface area contributed by atoms with Crippen LogP contribution in [0.15, 0.2) is 21.2 Å². The molecule has 6 nitrogen and oxygen atoms in total. The SMILES string of the molecule is CCC(C)c1nnc(-c2cnc3onc(C4CC4)c3c2)o1. The largest absolute Gasteiger partial charge is 0.420 e. The van der Waals surface area contributed by atoms with E-state index in [2.05, 4.69) is 34.2 Å².